The van der Waals surface area contributed by atoms with Gasteiger partial charge in [-0.2, -0.15) is 0 Å². The molecule has 1 heterocycles. The lowest BCUT2D eigenvalue weighted by Gasteiger charge is -2.25. The van der Waals surface area contributed by atoms with Crippen LogP contribution in [0, 0.1) is 12.8 Å². The Balaban J connectivity index is 2.07. The van der Waals surface area contributed by atoms with Gasteiger partial charge in [0.25, 0.3) is 0 Å². The molecule has 1 fully saturated rings. The topological polar surface area (TPSA) is 69.6 Å². The van der Waals surface area contributed by atoms with E-state index in [1.807, 2.05) is 19.1 Å². The summed E-state index contributed by atoms with van der Waals surface area (Å²) in [6.45, 7) is 8.20. The molecule has 0 bridgehead atoms. The Kier molecular flexibility index (Phi) is 6.19. The lowest BCUT2D eigenvalue weighted by molar-refractivity contribution is 0.172. The maximum atomic E-state index is 12.6. The van der Waals surface area contributed by atoms with Gasteiger partial charge in [0.1, 0.15) is 0 Å². The lowest BCUT2D eigenvalue weighted by atomic mass is 10.0. The number of sulfonamides is 1. The third-order valence-electron chi connectivity index (χ3n) is 4.14. The first-order valence-electron chi connectivity index (χ1n) is 8.25. The molecule has 23 heavy (non-hydrogen) atoms. The number of nitrogens with one attached hydrogen (secondary N) is 1. The molecule has 1 aliphatic rings. The van der Waals surface area contributed by atoms with Crippen LogP contribution in [0.5, 0.6) is 0 Å². The first kappa shape index (κ1) is 18.4. The standard InChI is InChI=1S/C17H28N2O3S/c1-13(2)10-15(11-19-9-8-16(20)12-19)18-23(21,22)17-6-4-14(3)5-7-17/h4-7,13,15-16,18,20H,8-12H2,1-3H3/t15-,16?/m1/s1. The quantitative estimate of drug-likeness (QED) is 0.793. The summed E-state index contributed by atoms with van der Waals surface area (Å²) in [5, 5.41) is 9.65. The zero-order chi connectivity index (χ0) is 17.0. The largest absolute Gasteiger partial charge is 0.392 e. The fourth-order valence-electron chi connectivity index (χ4n) is 3.02. The first-order valence-corrected chi connectivity index (χ1v) is 9.74. The van der Waals surface area contributed by atoms with Crippen LogP contribution < -0.4 is 4.72 Å². The van der Waals surface area contributed by atoms with Crippen LogP contribution in [0.25, 0.3) is 0 Å². The van der Waals surface area contributed by atoms with E-state index in [9.17, 15) is 13.5 Å². The van der Waals surface area contributed by atoms with E-state index in [0.29, 0.717) is 23.9 Å². The predicted molar refractivity (Wildman–Crippen MR) is 91.8 cm³/mol. The van der Waals surface area contributed by atoms with Crippen molar-refractivity contribution < 1.29 is 13.5 Å². The van der Waals surface area contributed by atoms with Crippen molar-refractivity contribution in [3.8, 4) is 0 Å². The van der Waals surface area contributed by atoms with Crippen molar-refractivity contribution in [1.82, 2.24) is 9.62 Å². The van der Waals surface area contributed by atoms with E-state index in [1.165, 1.54) is 0 Å². The van der Waals surface area contributed by atoms with Gasteiger partial charge in [-0.1, -0.05) is 31.5 Å². The fraction of sp³-hybridized carbons (Fsp3) is 0.647. The second kappa shape index (κ2) is 7.75. The van der Waals surface area contributed by atoms with E-state index in [4.69, 9.17) is 0 Å². The van der Waals surface area contributed by atoms with Gasteiger partial charge < -0.3 is 5.11 Å². The van der Waals surface area contributed by atoms with Gasteiger partial charge in [0.15, 0.2) is 0 Å². The molecule has 1 saturated heterocycles. The average molecular weight is 340 g/mol. The minimum absolute atomic E-state index is 0.147. The summed E-state index contributed by atoms with van der Waals surface area (Å²) in [4.78, 5) is 2.44. The highest BCUT2D eigenvalue weighted by Crippen LogP contribution is 2.16. The number of aliphatic hydroxyl groups is 1. The van der Waals surface area contributed by atoms with Crippen LogP contribution in [0.2, 0.25) is 0 Å². The third-order valence-corrected chi connectivity index (χ3v) is 5.67. The molecule has 2 N–H and O–H groups in total. The molecule has 0 aromatic heterocycles. The average Bonchev–Trinajstić information content (AvgIpc) is 2.83. The Hall–Kier alpha value is -0.950. The van der Waals surface area contributed by atoms with Gasteiger partial charge in [0, 0.05) is 25.7 Å². The maximum Gasteiger partial charge on any atom is 0.240 e. The summed E-state index contributed by atoms with van der Waals surface area (Å²) in [5.41, 5.74) is 1.04. The molecule has 5 nitrogen and oxygen atoms in total. The van der Waals surface area contributed by atoms with E-state index in [2.05, 4.69) is 23.5 Å². The van der Waals surface area contributed by atoms with Gasteiger partial charge in [-0.15, -0.1) is 0 Å². The van der Waals surface area contributed by atoms with E-state index >= 15 is 0 Å². The lowest BCUT2D eigenvalue weighted by Crippen LogP contribution is -2.44. The Labute approximate surface area is 139 Å². The maximum absolute atomic E-state index is 12.6. The summed E-state index contributed by atoms with van der Waals surface area (Å²) in [7, 11) is -3.52. The fourth-order valence-corrected chi connectivity index (χ4v) is 4.26. The Morgan fingerprint density at radius 2 is 1.96 bits per heavy atom. The van der Waals surface area contributed by atoms with Crippen LogP contribution in [0.1, 0.15) is 32.3 Å². The van der Waals surface area contributed by atoms with Crippen LogP contribution in [0.3, 0.4) is 0 Å². The molecule has 2 rings (SSSR count). The van der Waals surface area contributed by atoms with Crippen molar-refractivity contribution in [2.75, 3.05) is 19.6 Å². The smallest absolute Gasteiger partial charge is 0.240 e. The molecule has 6 heteroatoms. The molecule has 0 aliphatic carbocycles. The number of hydrogen-bond acceptors (Lipinski definition) is 4. The van der Waals surface area contributed by atoms with Crippen molar-refractivity contribution in [3.05, 3.63) is 29.8 Å². The number of hydrogen-bond donors (Lipinski definition) is 2. The van der Waals surface area contributed by atoms with Crippen molar-refractivity contribution in [1.29, 1.82) is 0 Å². The number of rotatable bonds is 7. The van der Waals surface area contributed by atoms with Crippen LogP contribution in [-0.4, -0.2) is 50.2 Å². The zero-order valence-corrected chi connectivity index (χ0v) is 15.0. The number of aliphatic hydroxyl groups excluding tert-OH is 1. The van der Waals surface area contributed by atoms with Crippen molar-refractivity contribution >= 4 is 10.0 Å². The minimum Gasteiger partial charge on any atom is -0.392 e. The van der Waals surface area contributed by atoms with Crippen LogP contribution in [0.15, 0.2) is 29.2 Å². The minimum atomic E-state index is -3.52. The van der Waals surface area contributed by atoms with Gasteiger partial charge in [-0.05, 0) is 37.8 Å². The van der Waals surface area contributed by atoms with E-state index in [1.54, 1.807) is 12.1 Å². The molecular weight excluding hydrogens is 312 g/mol. The molecule has 0 saturated carbocycles. The highest BCUT2D eigenvalue weighted by Gasteiger charge is 2.26. The van der Waals surface area contributed by atoms with Gasteiger partial charge in [-0.3, -0.25) is 4.90 Å². The summed E-state index contributed by atoms with van der Waals surface area (Å²) < 4.78 is 28.0. The number of aryl methyl sites for hydroxylation is 1. The molecule has 1 aromatic carbocycles. The number of β-amino-alcohol motifs (C(OH)–C–C–N with tert-alkyl or cyclic N) is 1. The molecule has 0 radical (unpaired) electrons. The molecule has 1 unspecified atom stereocenters. The van der Waals surface area contributed by atoms with Crippen LogP contribution in [-0.2, 0) is 10.0 Å². The SMILES string of the molecule is Cc1ccc(S(=O)(=O)N[C@H](CC(C)C)CN2CCC(O)C2)cc1. The molecular formula is C17H28N2O3S. The highest BCUT2D eigenvalue weighted by molar-refractivity contribution is 7.89. The Morgan fingerprint density at radius 1 is 1.30 bits per heavy atom. The van der Waals surface area contributed by atoms with E-state index in [-0.39, 0.29) is 12.1 Å². The Bertz CT molecular complexity index is 599. The van der Waals surface area contributed by atoms with Crippen molar-refractivity contribution in [2.45, 2.75) is 50.7 Å². The summed E-state index contributed by atoms with van der Waals surface area (Å²) in [6, 6.07) is 6.76. The molecule has 2 atom stereocenters. The number of benzene rings is 1. The third kappa shape index (κ3) is 5.57. The van der Waals surface area contributed by atoms with Crippen molar-refractivity contribution in [3.63, 3.8) is 0 Å². The normalized spacial score (nSPS) is 21.0. The molecule has 0 spiro atoms. The zero-order valence-electron chi connectivity index (χ0n) is 14.2. The summed E-state index contributed by atoms with van der Waals surface area (Å²) in [6.07, 6.45) is 1.25. The van der Waals surface area contributed by atoms with E-state index in [0.717, 1.165) is 24.9 Å². The van der Waals surface area contributed by atoms with Crippen LogP contribution >= 0.6 is 0 Å². The van der Waals surface area contributed by atoms with Crippen molar-refractivity contribution in [2.24, 2.45) is 5.92 Å². The molecule has 1 aliphatic heterocycles. The number of nitrogens with zero attached hydrogens (tertiary/aromatic N) is 1. The first-order chi connectivity index (χ1) is 10.8. The highest BCUT2D eigenvalue weighted by atomic mass is 32.2. The second-order valence-electron chi connectivity index (χ2n) is 6.96. The second-order valence-corrected chi connectivity index (χ2v) is 8.68. The Morgan fingerprint density at radius 3 is 2.48 bits per heavy atom. The summed E-state index contributed by atoms with van der Waals surface area (Å²) in [5.74, 6) is 0.397. The van der Waals surface area contributed by atoms with Gasteiger partial charge in [0.2, 0.25) is 10.0 Å². The van der Waals surface area contributed by atoms with Gasteiger partial charge >= 0.3 is 0 Å². The number of likely N-dealkylation sites (tertiary alicyclic amines) is 1. The van der Waals surface area contributed by atoms with Gasteiger partial charge in [0.05, 0.1) is 11.0 Å². The summed E-state index contributed by atoms with van der Waals surface area (Å²) >= 11 is 0. The molecule has 130 valence electrons. The van der Waals surface area contributed by atoms with Gasteiger partial charge in [-0.25, -0.2) is 13.1 Å². The molecule has 0 amide bonds. The van der Waals surface area contributed by atoms with Crippen LogP contribution in [0.4, 0.5) is 0 Å². The predicted octanol–water partition coefficient (Wildman–Crippen LogP) is 1.75. The molecule has 1 aromatic rings. The van der Waals surface area contributed by atoms with E-state index < -0.39 is 10.0 Å². The monoisotopic (exact) mass is 340 g/mol.